The van der Waals surface area contributed by atoms with Crippen molar-refractivity contribution in [3.05, 3.63) is 41.7 Å². The van der Waals surface area contributed by atoms with Crippen LogP contribution in [0, 0.1) is 6.92 Å². The summed E-state index contributed by atoms with van der Waals surface area (Å²) in [7, 11) is -3.91. The molecule has 0 saturated carbocycles. The summed E-state index contributed by atoms with van der Waals surface area (Å²) in [6.45, 7) is 5.10. The van der Waals surface area contributed by atoms with Crippen LogP contribution in [-0.2, 0) is 23.8 Å². The van der Waals surface area contributed by atoms with Gasteiger partial charge in [-0.3, -0.25) is 0 Å². The quantitative estimate of drug-likeness (QED) is 0.359. The summed E-state index contributed by atoms with van der Waals surface area (Å²) in [4.78, 5) is 11.2. The second-order valence-corrected chi connectivity index (χ2v) is 5.40. The number of hydrogen-bond donors (Lipinski definition) is 0. The summed E-state index contributed by atoms with van der Waals surface area (Å²) in [5.41, 5.74) is 0.942. The highest BCUT2D eigenvalue weighted by Crippen LogP contribution is 2.16. The Labute approximate surface area is 113 Å². The maximum atomic E-state index is 11.9. The molecule has 0 N–H and O–H groups in total. The third-order valence-electron chi connectivity index (χ3n) is 2.16. The molecule has 5 nitrogen and oxygen atoms in total. The Hall–Kier alpha value is -1.82. The minimum absolute atomic E-state index is 0.0368. The molecule has 0 aliphatic carbocycles. The minimum atomic E-state index is -3.91. The van der Waals surface area contributed by atoms with Gasteiger partial charge < -0.3 is 8.92 Å². The van der Waals surface area contributed by atoms with Gasteiger partial charge in [-0.1, -0.05) is 17.7 Å². The predicted octanol–water partition coefficient (Wildman–Crippen LogP) is 2.17. The molecule has 0 spiro atoms. The van der Waals surface area contributed by atoms with Crippen LogP contribution in [0.3, 0.4) is 0 Å². The zero-order valence-corrected chi connectivity index (χ0v) is 11.9. The Bertz CT molecular complexity index is 570. The van der Waals surface area contributed by atoms with Crippen molar-refractivity contribution in [1.29, 1.82) is 0 Å². The summed E-state index contributed by atoms with van der Waals surface area (Å²) in [6, 6.07) is 6.23. The molecule has 0 atom stereocenters. The Morgan fingerprint density at radius 3 is 2.37 bits per heavy atom. The van der Waals surface area contributed by atoms with Gasteiger partial charge in [0.1, 0.15) is 10.7 Å². The van der Waals surface area contributed by atoms with Gasteiger partial charge in [-0.2, -0.15) is 8.42 Å². The summed E-state index contributed by atoms with van der Waals surface area (Å²) >= 11 is 0. The molecule has 0 unspecified atom stereocenters. The third kappa shape index (κ3) is 4.75. The topological polar surface area (TPSA) is 69.7 Å². The number of carbonyl (C=O) groups excluding carboxylic acids is 1. The molecular weight excluding hydrogens is 268 g/mol. The predicted molar refractivity (Wildman–Crippen MR) is 69.8 cm³/mol. The smallest absolute Gasteiger partial charge is 0.338 e. The van der Waals surface area contributed by atoms with Crippen LogP contribution in [0.25, 0.3) is 0 Å². The largest absolute Gasteiger partial charge is 0.463 e. The lowest BCUT2D eigenvalue weighted by Crippen LogP contribution is -2.07. The summed E-state index contributed by atoms with van der Waals surface area (Å²) < 4.78 is 33.2. The van der Waals surface area contributed by atoms with Crippen molar-refractivity contribution in [2.45, 2.75) is 25.7 Å². The molecule has 6 heteroatoms. The van der Waals surface area contributed by atoms with Gasteiger partial charge in [0.05, 0.1) is 12.7 Å². The lowest BCUT2D eigenvalue weighted by Gasteiger charge is -2.07. The molecule has 0 aliphatic rings. The number of aryl methyl sites for hydroxylation is 1. The molecule has 104 valence electrons. The van der Waals surface area contributed by atoms with E-state index in [0.717, 1.165) is 11.6 Å². The highest BCUT2D eigenvalue weighted by molar-refractivity contribution is 7.86. The maximum absolute atomic E-state index is 11.9. The van der Waals surface area contributed by atoms with Crippen LogP contribution in [0.4, 0.5) is 0 Å². The molecule has 1 aromatic carbocycles. The number of benzene rings is 1. The van der Waals surface area contributed by atoms with E-state index in [9.17, 15) is 13.2 Å². The monoisotopic (exact) mass is 284 g/mol. The molecule has 0 aromatic heterocycles. The first-order chi connectivity index (χ1) is 8.85. The summed E-state index contributed by atoms with van der Waals surface area (Å²) in [5, 5.41) is 0. The molecule has 1 rings (SSSR count). The van der Waals surface area contributed by atoms with Crippen LogP contribution in [0.15, 0.2) is 41.0 Å². The van der Waals surface area contributed by atoms with Crippen molar-refractivity contribution in [2.24, 2.45) is 0 Å². The highest BCUT2D eigenvalue weighted by Gasteiger charge is 2.16. The average molecular weight is 284 g/mol. The van der Waals surface area contributed by atoms with E-state index in [1.54, 1.807) is 19.1 Å². The molecule has 0 heterocycles. The van der Waals surface area contributed by atoms with Crippen molar-refractivity contribution in [3.8, 4) is 0 Å². The van der Waals surface area contributed by atoms with E-state index < -0.39 is 16.1 Å². The van der Waals surface area contributed by atoms with Gasteiger partial charge in [-0.15, -0.1) is 0 Å². The lowest BCUT2D eigenvalue weighted by molar-refractivity contribution is -0.137. The van der Waals surface area contributed by atoms with Gasteiger partial charge in [0.2, 0.25) is 0 Å². The fourth-order valence-corrected chi connectivity index (χ4v) is 2.26. The minimum Gasteiger partial charge on any atom is -0.463 e. The van der Waals surface area contributed by atoms with Crippen molar-refractivity contribution in [2.75, 3.05) is 6.61 Å². The van der Waals surface area contributed by atoms with Crippen LogP contribution in [-0.4, -0.2) is 21.0 Å². The van der Waals surface area contributed by atoms with Gasteiger partial charge in [-0.05, 0) is 32.9 Å². The molecule has 0 bridgehead atoms. The van der Waals surface area contributed by atoms with Crippen LogP contribution in [0.1, 0.15) is 19.4 Å². The first-order valence-electron chi connectivity index (χ1n) is 5.71. The highest BCUT2D eigenvalue weighted by atomic mass is 32.2. The SMILES string of the molecule is CCOC(=O)/C=C(/C)OS(=O)(=O)c1ccc(C)cc1. The number of hydrogen-bond acceptors (Lipinski definition) is 5. The van der Waals surface area contributed by atoms with Crippen LogP contribution in [0.2, 0.25) is 0 Å². The molecule has 1 aromatic rings. The van der Waals surface area contributed by atoms with Crippen LogP contribution in [0.5, 0.6) is 0 Å². The van der Waals surface area contributed by atoms with Gasteiger partial charge >= 0.3 is 16.1 Å². The van der Waals surface area contributed by atoms with E-state index in [-0.39, 0.29) is 17.3 Å². The van der Waals surface area contributed by atoms with Crippen molar-refractivity contribution in [3.63, 3.8) is 0 Å². The number of esters is 1. The molecular formula is C13H16O5S. The Morgan fingerprint density at radius 2 is 1.84 bits per heavy atom. The number of rotatable bonds is 5. The second-order valence-electron chi connectivity index (χ2n) is 3.86. The lowest BCUT2D eigenvalue weighted by atomic mass is 10.2. The van der Waals surface area contributed by atoms with E-state index in [4.69, 9.17) is 4.18 Å². The Balaban J connectivity index is 2.85. The zero-order chi connectivity index (χ0) is 14.5. The normalized spacial score (nSPS) is 12.1. The fraction of sp³-hybridized carbons (Fsp3) is 0.308. The fourth-order valence-electron chi connectivity index (χ4n) is 1.30. The molecule has 0 saturated heterocycles. The molecule has 19 heavy (non-hydrogen) atoms. The van der Waals surface area contributed by atoms with Crippen LogP contribution < -0.4 is 0 Å². The van der Waals surface area contributed by atoms with E-state index in [0.29, 0.717) is 0 Å². The van der Waals surface area contributed by atoms with E-state index in [1.807, 2.05) is 6.92 Å². The Kier molecular flexibility index (Phi) is 5.11. The molecule has 0 aliphatic heterocycles. The second kappa shape index (κ2) is 6.38. The van der Waals surface area contributed by atoms with Crippen molar-refractivity contribution in [1.82, 2.24) is 0 Å². The standard InChI is InChI=1S/C13H16O5S/c1-4-17-13(14)9-11(3)18-19(15,16)12-7-5-10(2)6-8-12/h5-9H,4H2,1-3H3/b11-9-. The van der Waals surface area contributed by atoms with Gasteiger partial charge in [-0.25, -0.2) is 4.79 Å². The average Bonchev–Trinajstić information content (AvgIpc) is 2.28. The maximum Gasteiger partial charge on any atom is 0.338 e. The van der Waals surface area contributed by atoms with Gasteiger partial charge in [0.25, 0.3) is 0 Å². The first kappa shape index (κ1) is 15.2. The third-order valence-corrected chi connectivity index (χ3v) is 3.49. The van der Waals surface area contributed by atoms with Crippen molar-refractivity contribution >= 4 is 16.1 Å². The number of ether oxygens (including phenoxy) is 1. The number of allylic oxidation sites excluding steroid dienone is 1. The zero-order valence-electron chi connectivity index (χ0n) is 11.0. The number of carbonyl (C=O) groups is 1. The Morgan fingerprint density at radius 1 is 1.26 bits per heavy atom. The molecule has 0 fully saturated rings. The van der Waals surface area contributed by atoms with E-state index >= 15 is 0 Å². The van der Waals surface area contributed by atoms with Crippen LogP contribution >= 0.6 is 0 Å². The van der Waals surface area contributed by atoms with E-state index in [1.165, 1.54) is 19.1 Å². The van der Waals surface area contributed by atoms with E-state index in [2.05, 4.69) is 4.74 Å². The van der Waals surface area contributed by atoms with Gasteiger partial charge in [0.15, 0.2) is 0 Å². The molecule has 0 amide bonds. The summed E-state index contributed by atoms with van der Waals surface area (Å²) in [6.07, 6.45) is 0.995. The van der Waals surface area contributed by atoms with Gasteiger partial charge in [0, 0.05) is 0 Å². The van der Waals surface area contributed by atoms with Crippen molar-refractivity contribution < 1.29 is 22.1 Å². The first-order valence-corrected chi connectivity index (χ1v) is 7.12. The summed E-state index contributed by atoms with van der Waals surface area (Å²) in [5.74, 6) is -0.682. The molecule has 0 radical (unpaired) electrons.